The molecule has 20 heavy (non-hydrogen) atoms. The fraction of sp³-hybridized carbons (Fsp3) is 0.273. The number of aromatic nitrogens is 3. The molecule has 1 saturated heterocycles. The van der Waals surface area contributed by atoms with Crippen molar-refractivity contribution in [3.63, 3.8) is 0 Å². The van der Waals surface area contributed by atoms with Gasteiger partial charge in [0.15, 0.2) is 0 Å². The molecular weight excluding hydrogens is 284 g/mol. The molecule has 1 atom stereocenters. The predicted octanol–water partition coefficient (Wildman–Crippen LogP) is -0.598. The van der Waals surface area contributed by atoms with Crippen LogP contribution in [0.3, 0.4) is 0 Å². The van der Waals surface area contributed by atoms with E-state index in [4.69, 9.17) is 5.11 Å². The van der Waals surface area contributed by atoms with Crippen LogP contribution in [-0.4, -0.2) is 54.0 Å². The summed E-state index contributed by atoms with van der Waals surface area (Å²) in [6, 6.07) is 0. The molecule has 3 rings (SSSR count). The van der Waals surface area contributed by atoms with Crippen molar-refractivity contribution in [2.24, 2.45) is 7.05 Å². The maximum absolute atomic E-state index is 12.0. The molecule has 1 aromatic heterocycles. The fourth-order valence-electron chi connectivity index (χ4n) is 2.14. The summed E-state index contributed by atoms with van der Waals surface area (Å²) in [7, 11) is 1.71. The largest absolute Gasteiger partial charge is 0.477 e. The molecule has 104 valence electrons. The van der Waals surface area contributed by atoms with Crippen molar-refractivity contribution in [2.75, 3.05) is 6.61 Å². The van der Waals surface area contributed by atoms with Crippen LogP contribution in [0.25, 0.3) is 6.08 Å². The summed E-state index contributed by atoms with van der Waals surface area (Å²) in [6.07, 6.45) is 3.24. The van der Waals surface area contributed by atoms with E-state index in [9.17, 15) is 14.7 Å². The number of amides is 1. The number of carboxylic acids is 1. The number of thioether (sulfide) groups is 1. The Morgan fingerprint density at radius 3 is 2.90 bits per heavy atom. The van der Waals surface area contributed by atoms with Crippen molar-refractivity contribution in [3.8, 4) is 0 Å². The summed E-state index contributed by atoms with van der Waals surface area (Å²) in [5.74, 6) is -1.59. The molecule has 0 saturated carbocycles. The normalized spacial score (nSPS) is 23.3. The molecule has 1 aromatic rings. The van der Waals surface area contributed by atoms with Gasteiger partial charge in [-0.3, -0.25) is 14.4 Å². The van der Waals surface area contributed by atoms with Crippen LogP contribution in [0.5, 0.6) is 0 Å². The van der Waals surface area contributed by atoms with Crippen molar-refractivity contribution < 1.29 is 19.8 Å². The summed E-state index contributed by atoms with van der Waals surface area (Å²) in [4.78, 5) is 24.7. The molecule has 0 aromatic carbocycles. The smallest absolute Gasteiger partial charge is 0.353 e. The first kappa shape index (κ1) is 12.9. The van der Waals surface area contributed by atoms with Gasteiger partial charge in [0.1, 0.15) is 16.8 Å². The molecular formula is C11H10N4O4S. The lowest BCUT2D eigenvalue weighted by Crippen LogP contribution is -2.51. The molecule has 1 amide bonds. The number of fused-ring (bicyclic) bond motifs is 1. The van der Waals surface area contributed by atoms with Gasteiger partial charge in [0.25, 0.3) is 5.91 Å². The maximum Gasteiger partial charge on any atom is 0.353 e. The summed E-state index contributed by atoms with van der Waals surface area (Å²) in [5.41, 5.74) is 0.854. The van der Waals surface area contributed by atoms with Gasteiger partial charge in [-0.05, 0) is 6.08 Å². The lowest BCUT2D eigenvalue weighted by Gasteiger charge is -2.36. The van der Waals surface area contributed by atoms with Crippen LogP contribution < -0.4 is 0 Å². The van der Waals surface area contributed by atoms with Crippen LogP contribution in [-0.2, 0) is 16.6 Å². The Labute approximate surface area is 117 Å². The number of hydrogen-bond donors (Lipinski definition) is 2. The Morgan fingerprint density at radius 2 is 2.35 bits per heavy atom. The predicted molar refractivity (Wildman–Crippen MR) is 69.0 cm³/mol. The SMILES string of the molecule is Cn1cc(/C=C2/C(=O)N3C(C(=O)O)=C(CO)S[C@H]23)nn1. The zero-order valence-corrected chi connectivity index (χ0v) is 11.2. The molecule has 0 unspecified atom stereocenters. The highest BCUT2D eigenvalue weighted by atomic mass is 32.2. The molecule has 2 N–H and O–H groups in total. The zero-order chi connectivity index (χ0) is 14.4. The Hall–Kier alpha value is -2.13. The topological polar surface area (TPSA) is 109 Å². The molecule has 3 heterocycles. The van der Waals surface area contributed by atoms with Gasteiger partial charge in [0.2, 0.25) is 0 Å². The van der Waals surface area contributed by atoms with E-state index in [1.807, 2.05) is 0 Å². The van der Waals surface area contributed by atoms with Crippen molar-refractivity contribution >= 4 is 29.7 Å². The van der Waals surface area contributed by atoms with E-state index < -0.39 is 18.0 Å². The maximum atomic E-state index is 12.0. The molecule has 0 spiro atoms. The van der Waals surface area contributed by atoms with Gasteiger partial charge in [0.05, 0.1) is 18.4 Å². The second-order valence-electron chi connectivity index (χ2n) is 4.30. The number of hydrogen-bond acceptors (Lipinski definition) is 6. The van der Waals surface area contributed by atoms with E-state index in [0.717, 1.165) is 0 Å². The molecule has 1 fully saturated rings. The average molecular weight is 294 g/mol. The van der Waals surface area contributed by atoms with Crippen LogP contribution in [0, 0.1) is 0 Å². The Kier molecular flexibility index (Phi) is 2.87. The summed E-state index contributed by atoms with van der Waals surface area (Å²) in [5, 5.41) is 25.5. The van der Waals surface area contributed by atoms with Crippen molar-refractivity contribution in [1.82, 2.24) is 19.9 Å². The van der Waals surface area contributed by atoms with Gasteiger partial charge in [-0.25, -0.2) is 4.79 Å². The fourth-order valence-corrected chi connectivity index (χ4v) is 3.39. The zero-order valence-electron chi connectivity index (χ0n) is 10.3. The van der Waals surface area contributed by atoms with E-state index in [-0.39, 0.29) is 11.6 Å². The van der Waals surface area contributed by atoms with Crippen molar-refractivity contribution in [2.45, 2.75) is 5.37 Å². The summed E-state index contributed by atoms with van der Waals surface area (Å²) >= 11 is 1.17. The van der Waals surface area contributed by atoms with Gasteiger partial charge in [0, 0.05) is 12.0 Å². The number of aliphatic hydroxyl groups is 1. The third kappa shape index (κ3) is 1.74. The highest BCUT2D eigenvalue weighted by Crippen LogP contribution is 2.49. The van der Waals surface area contributed by atoms with Crippen LogP contribution >= 0.6 is 11.8 Å². The molecule has 9 heteroatoms. The molecule has 2 aliphatic rings. The Morgan fingerprint density at radius 1 is 1.60 bits per heavy atom. The van der Waals surface area contributed by atoms with Crippen LogP contribution in [0.15, 0.2) is 22.4 Å². The Bertz CT molecular complexity index is 678. The third-order valence-electron chi connectivity index (χ3n) is 3.00. The second kappa shape index (κ2) is 4.46. The van der Waals surface area contributed by atoms with E-state index in [0.29, 0.717) is 16.2 Å². The van der Waals surface area contributed by atoms with Gasteiger partial charge in [-0.15, -0.1) is 5.10 Å². The number of aliphatic hydroxyl groups excluding tert-OH is 1. The Balaban J connectivity index is 1.91. The second-order valence-corrected chi connectivity index (χ2v) is 5.47. The number of aryl methyl sites for hydroxylation is 1. The van der Waals surface area contributed by atoms with Gasteiger partial charge in [-0.1, -0.05) is 17.0 Å². The minimum absolute atomic E-state index is 0.135. The monoisotopic (exact) mass is 294 g/mol. The van der Waals surface area contributed by atoms with Gasteiger partial charge in [-0.2, -0.15) is 0 Å². The number of β-lactam (4-membered cyclic amide) rings is 1. The van der Waals surface area contributed by atoms with E-state index >= 15 is 0 Å². The van der Waals surface area contributed by atoms with Gasteiger partial charge >= 0.3 is 5.97 Å². The quantitative estimate of drug-likeness (QED) is 0.566. The molecule has 0 radical (unpaired) electrons. The lowest BCUT2D eigenvalue weighted by atomic mass is 10.0. The molecule has 2 aliphatic heterocycles. The number of carbonyl (C=O) groups excluding carboxylic acids is 1. The van der Waals surface area contributed by atoms with Gasteiger partial charge < -0.3 is 10.2 Å². The summed E-state index contributed by atoms with van der Waals surface area (Å²) in [6.45, 7) is -0.398. The first-order valence-electron chi connectivity index (χ1n) is 5.68. The van der Waals surface area contributed by atoms with E-state index in [2.05, 4.69) is 10.3 Å². The minimum Gasteiger partial charge on any atom is -0.477 e. The lowest BCUT2D eigenvalue weighted by molar-refractivity contribution is -0.141. The van der Waals surface area contributed by atoms with Crippen molar-refractivity contribution in [3.05, 3.63) is 28.1 Å². The molecule has 8 nitrogen and oxygen atoms in total. The average Bonchev–Trinajstić information content (AvgIpc) is 2.97. The first-order valence-corrected chi connectivity index (χ1v) is 6.56. The standard InChI is InChI=1S/C11H10N4O4S/c1-14-3-5(12-13-14)2-6-9(17)15-8(11(18)19)7(4-16)20-10(6)15/h2-3,10,16H,4H2,1H3,(H,18,19)/b6-2-/t10-/m1/s1. The molecule has 0 aliphatic carbocycles. The van der Waals surface area contributed by atoms with Crippen LogP contribution in [0.2, 0.25) is 0 Å². The van der Waals surface area contributed by atoms with E-state index in [1.165, 1.54) is 21.3 Å². The highest BCUT2D eigenvalue weighted by molar-refractivity contribution is 8.04. The number of carboxylic acid groups (broad SMARTS) is 1. The number of carbonyl (C=O) groups is 2. The summed E-state index contributed by atoms with van der Waals surface area (Å²) < 4.78 is 1.51. The van der Waals surface area contributed by atoms with Crippen LogP contribution in [0.4, 0.5) is 0 Å². The third-order valence-corrected chi connectivity index (χ3v) is 4.29. The van der Waals surface area contributed by atoms with Crippen molar-refractivity contribution in [1.29, 1.82) is 0 Å². The minimum atomic E-state index is -1.21. The van der Waals surface area contributed by atoms with Crippen LogP contribution in [0.1, 0.15) is 5.69 Å². The van der Waals surface area contributed by atoms with E-state index in [1.54, 1.807) is 19.3 Å². The highest BCUT2D eigenvalue weighted by Gasteiger charge is 2.52. The number of nitrogens with zero attached hydrogens (tertiary/aromatic N) is 4. The first-order chi connectivity index (χ1) is 9.52. The number of rotatable bonds is 3. The number of aliphatic carboxylic acids is 1. The molecule has 0 bridgehead atoms.